The molecular formula is C22H34N6O3. The van der Waals surface area contributed by atoms with Crippen LogP contribution in [-0.2, 0) is 17.8 Å². The van der Waals surface area contributed by atoms with Gasteiger partial charge in [0.2, 0.25) is 0 Å². The molecule has 0 bridgehead atoms. The number of nitrogens with zero attached hydrogens (tertiary/aromatic N) is 5. The molecule has 31 heavy (non-hydrogen) atoms. The zero-order chi connectivity index (χ0) is 22.4. The predicted molar refractivity (Wildman–Crippen MR) is 120 cm³/mol. The van der Waals surface area contributed by atoms with E-state index in [4.69, 9.17) is 9.72 Å². The van der Waals surface area contributed by atoms with Gasteiger partial charge in [-0.15, -0.1) is 0 Å². The van der Waals surface area contributed by atoms with Crippen LogP contribution in [0.3, 0.4) is 0 Å². The molecule has 0 spiro atoms. The van der Waals surface area contributed by atoms with Gasteiger partial charge < -0.3 is 24.4 Å². The molecule has 2 heterocycles. The van der Waals surface area contributed by atoms with Crippen molar-refractivity contribution in [1.82, 2.24) is 29.6 Å². The highest BCUT2D eigenvalue weighted by molar-refractivity contribution is 5.97. The molecular weight excluding hydrogens is 396 g/mol. The van der Waals surface area contributed by atoms with Crippen LogP contribution in [0.5, 0.6) is 0 Å². The third-order valence-corrected chi connectivity index (χ3v) is 5.62. The molecule has 0 unspecified atom stereocenters. The van der Waals surface area contributed by atoms with Crippen LogP contribution in [0.2, 0.25) is 0 Å². The van der Waals surface area contributed by atoms with Gasteiger partial charge in [0.05, 0.1) is 17.6 Å². The summed E-state index contributed by atoms with van der Waals surface area (Å²) < 4.78 is 7.21. The van der Waals surface area contributed by atoms with E-state index in [2.05, 4.69) is 21.7 Å². The second-order valence-electron chi connectivity index (χ2n) is 8.02. The highest BCUT2D eigenvalue weighted by atomic mass is 16.5. The number of benzene rings is 1. The van der Waals surface area contributed by atoms with Gasteiger partial charge in [0.15, 0.2) is 0 Å². The van der Waals surface area contributed by atoms with E-state index < -0.39 is 0 Å². The number of nitrogens with one attached hydrogen (secondary N) is 1. The summed E-state index contributed by atoms with van der Waals surface area (Å²) in [6.07, 6.45) is 0.817. The molecule has 2 aromatic rings. The van der Waals surface area contributed by atoms with E-state index >= 15 is 0 Å². The summed E-state index contributed by atoms with van der Waals surface area (Å²) in [4.78, 5) is 35.2. The summed E-state index contributed by atoms with van der Waals surface area (Å²) in [6, 6.07) is 5.72. The number of carbonyl (C=O) groups excluding carboxylic acids is 2. The number of urea groups is 1. The van der Waals surface area contributed by atoms with Gasteiger partial charge in [-0.3, -0.25) is 9.69 Å². The van der Waals surface area contributed by atoms with Crippen molar-refractivity contribution in [1.29, 1.82) is 0 Å². The molecule has 1 aliphatic heterocycles. The fourth-order valence-electron chi connectivity index (χ4n) is 3.88. The molecule has 1 aliphatic rings. The molecule has 9 nitrogen and oxygen atoms in total. The number of piperazine rings is 1. The molecule has 1 fully saturated rings. The van der Waals surface area contributed by atoms with Crippen LogP contribution in [-0.4, -0.2) is 96.7 Å². The fraction of sp³-hybridized carbons (Fsp3) is 0.591. The van der Waals surface area contributed by atoms with E-state index in [0.29, 0.717) is 31.8 Å². The van der Waals surface area contributed by atoms with Crippen LogP contribution < -0.4 is 5.32 Å². The molecule has 3 rings (SSSR count). The first-order valence-electron chi connectivity index (χ1n) is 10.9. The lowest BCUT2D eigenvalue weighted by molar-refractivity contribution is 0.0827. The maximum atomic E-state index is 12.3. The number of rotatable bonds is 8. The Morgan fingerprint density at radius 2 is 1.94 bits per heavy atom. The molecule has 170 valence electrons. The number of carbonyl (C=O) groups is 2. The van der Waals surface area contributed by atoms with E-state index in [1.54, 1.807) is 26.1 Å². The first kappa shape index (κ1) is 23.0. The monoisotopic (exact) mass is 430 g/mol. The van der Waals surface area contributed by atoms with Crippen molar-refractivity contribution in [2.24, 2.45) is 0 Å². The first-order chi connectivity index (χ1) is 14.9. The molecule has 1 aromatic carbocycles. The maximum Gasteiger partial charge on any atom is 0.317 e. The lowest BCUT2D eigenvalue weighted by atomic mass is 10.2. The van der Waals surface area contributed by atoms with Gasteiger partial charge in [-0.25, -0.2) is 9.78 Å². The topological polar surface area (TPSA) is 82.9 Å². The number of amides is 3. The minimum absolute atomic E-state index is 0.00496. The number of hydrogen-bond acceptors (Lipinski definition) is 5. The van der Waals surface area contributed by atoms with Gasteiger partial charge >= 0.3 is 6.03 Å². The van der Waals surface area contributed by atoms with Crippen molar-refractivity contribution in [3.8, 4) is 0 Å². The Morgan fingerprint density at radius 1 is 1.19 bits per heavy atom. The van der Waals surface area contributed by atoms with Gasteiger partial charge in [0.1, 0.15) is 5.82 Å². The Labute approximate surface area is 183 Å². The third kappa shape index (κ3) is 5.54. The van der Waals surface area contributed by atoms with Crippen LogP contribution >= 0.6 is 0 Å². The second-order valence-corrected chi connectivity index (χ2v) is 8.02. The van der Waals surface area contributed by atoms with Crippen LogP contribution in [0.25, 0.3) is 11.0 Å². The molecule has 0 atom stereocenters. The van der Waals surface area contributed by atoms with Crippen molar-refractivity contribution < 1.29 is 14.3 Å². The van der Waals surface area contributed by atoms with Gasteiger partial charge in [-0.05, 0) is 31.5 Å². The summed E-state index contributed by atoms with van der Waals surface area (Å²) in [5.74, 6) is 0.968. The summed E-state index contributed by atoms with van der Waals surface area (Å²) in [7, 11) is 5.17. The number of ether oxygens (including phenoxy) is 1. The Morgan fingerprint density at radius 3 is 2.58 bits per heavy atom. The molecule has 1 N–H and O–H groups in total. The summed E-state index contributed by atoms with van der Waals surface area (Å²) in [5, 5.41) is 2.95. The number of aryl methyl sites for hydroxylation is 1. The van der Waals surface area contributed by atoms with Crippen molar-refractivity contribution in [2.75, 3.05) is 60.5 Å². The number of methoxy groups -OCH3 is 1. The second kappa shape index (κ2) is 10.6. The van der Waals surface area contributed by atoms with Gasteiger partial charge in [0.25, 0.3) is 5.91 Å². The van der Waals surface area contributed by atoms with Crippen LogP contribution in [0, 0.1) is 0 Å². The number of fused-ring (bicyclic) bond motifs is 1. The normalized spacial score (nSPS) is 14.8. The highest BCUT2D eigenvalue weighted by Gasteiger charge is 2.23. The summed E-state index contributed by atoms with van der Waals surface area (Å²) in [5.41, 5.74) is 2.54. The molecule has 1 aromatic heterocycles. The molecule has 1 saturated heterocycles. The summed E-state index contributed by atoms with van der Waals surface area (Å²) in [6.45, 7) is 7.94. The van der Waals surface area contributed by atoms with E-state index in [9.17, 15) is 9.59 Å². The van der Waals surface area contributed by atoms with E-state index in [0.717, 1.165) is 49.5 Å². The standard InChI is InChI=1S/C22H34N6O3/c1-5-28-19-8-7-17(21(29)25(2)3)15-18(19)24-20(28)16-26-10-12-27(13-11-26)22(30)23-9-6-14-31-4/h7-8,15H,5-6,9-14,16H2,1-4H3,(H,23,30). The first-order valence-corrected chi connectivity index (χ1v) is 10.9. The zero-order valence-corrected chi connectivity index (χ0v) is 19.1. The van der Waals surface area contributed by atoms with E-state index in [1.165, 1.54) is 0 Å². The zero-order valence-electron chi connectivity index (χ0n) is 19.1. The molecule has 9 heteroatoms. The lowest BCUT2D eigenvalue weighted by Gasteiger charge is -2.34. The molecule has 0 aliphatic carbocycles. The smallest absolute Gasteiger partial charge is 0.317 e. The number of imidazole rings is 1. The largest absolute Gasteiger partial charge is 0.385 e. The maximum absolute atomic E-state index is 12.3. The number of aromatic nitrogens is 2. The third-order valence-electron chi connectivity index (χ3n) is 5.62. The van der Waals surface area contributed by atoms with E-state index in [-0.39, 0.29) is 11.9 Å². The quantitative estimate of drug-likeness (QED) is 0.644. The van der Waals surface area contributed by atoms with Crippen molar-refractivity contribution in [2.45, 2.75) is 26.4 Å². The Kier molecular flexibility index (Phi) is 7.86. The minimum atomic E-state index is -0.0221. The molecule has 0 radical (unpaired) electrons. The average molecular weight is 431 g/mol. The lowest BCUT2D eigenvalue weighted by Crippen LogP contribution is -2.51. The highest BCUT2D eigenvalue weighted by Crippen LogP contribution is 2.20. The minimum Gasteiger partial charge on any atom is -0.385 e. The predicted octanol–water partition coefficient (Wildman–Crippen LogP) is 1.62. The van der Waals surface area contributed by atoms with Gasteiger partial charge in [-0.1, -0.05) is 0 Å². The summed E-state index contributed by atoms with van der Waals surface area (Å²) >= 11 is 0. The SMILES string of the molecule is CCn1c(CN2CCN(C(=O)NCCCOC)CC2)nc2cc(C(=O)N(C)C)ccc21. The van der Waals surface area contributed by atoms with Crippen LogP contribution in [0.4, 0.5) is 4.79 Å². The van der Waals surface area contributed by atoms with Crippen molar-refractivity contribution in [3.63, 3.8) is 0 Å². The fourth-order valence-corrected chi connectivity index (χ4v) is 3.88. The number of hydrogen-bond donors (Lipinski definition) is 1. The van der Waals surface area contributed by atoms with Crippen molar-refractivity contribution in [3.05, 3.63) is 29.6 Å². The van der Waals surface area contributed by atoms with Crippen LogP contribution in [0.15, 0.2) is 18.2 Å². The van der Waals surface area contributed by atoms with Gasteiger partial charge in [-0.2, -0.15) is 0 Å². The molecule has 3 amide bonds. The Hall–Kier alpha value is -2.65. The van der Waals surface area contributed by atoms with E-state index in [1.807, 2.05) is 23.1 Å². The Balaban J connectivity index is 1.62. The van der Waals surface area contributed by atoms with Crippen LogP contribution in [0.1, 0.15) is 29.5 Å². The average Bonchev–Trinajstić information content (AvgIpc) is 3.12. The molecule has 0 saturated carbocycles. The van der Waals surface area contributed by atoms with Gasteiger partial charge in [0, 0.05) is 72.6 Å². The van der Waals surface area contributed by atoms with Crippen molar-refractivity contribution >= 4 is 23.0 Å². The Bertz CT molecular complexity index is 902.